The molecule has 1 unspecified atom stereocenters. The van der Waals surface area contributed by atoms with Crippen molar-refractivity contribution >= 4 is 12.0 Å². The highest BCUT2D eigenvalue weighted by Crippen LogP contribution is 2.56. The van der Waals surface area contributed by atoms with Gasteiger partial charge in [-0.15, -0.1) is 0 Å². The number of carbonyl (C=O) groups is 1. The number of aliphatic hydroxyl groups is 1. The van der Waals surface area contributed by atoms with E-state index in [1.54, 1.807) is 24.3 Å². The first kappa shape index (κ1) is 22.5. The zero-order valence-corrected chi connectivity index (χ0v) is 19.0. The van der Waals surface area contributed by atoms with Crippen LogP contribution < -0.4 is 5.73 Å². The number of rotatable bonds is 6. The van der Waals surface area contributed by atoms with Crippen molar-refractivity contribution in [2.45, 2.75) is 51.0 Å². The predicted octanol–water partition coefficient (Wildman–Crippen LogP) is 4.28. The largest absolute Gasteiger partial charge is 0.389 e. The molecule has 0 saturated heterocycles. The second-order valence-corrected chi connectivity index (χ2v) is 9.67. The van der Waals surface area contributed by atoms with Gasteiger partial charge in [0.25, 0.3) is 0 Å². The summed E-state index contributed by atoms with van der Waals surface area (Å²) in [5.74, 6) is -1.33. The molecule has 1 saturated carbocycles. The molecule has 1 fully saturated rings. The van der Waals surface area contributed by atoms with Crippen LogP contribution in [-0.4, -0.2) is 26.4 Å². The van der Waals surface area contributed by atoms with E-state index in [0.29, 0.717) is 36.8 Å². The lowest BCUT2D eigenvalue weighted by Crippen LogP contribution is -2.45. The van der Waals surface area contributed by atoms with Gasteiger partial charge in [0.2, 0.25) is 5.91 Å². The van der Waals surface area contributed by atoms with Crippen molar-refractivity contribution in [3.8, 4) is 5.69 Å². The molecule has 3 aromatic rings. The Bertz CT molecular complexity index is 1300. The molecule has 5 nitrogen and oxygen atoms in total. The van der Waals surface area contributed by atoms with Crippen molar-refractivity contribution in [3.05, 3.63) is 88.3 Å². The molecule has 2 atom stereocenters. The summed E-state index contributed by atoms with van der Waals surface area (Å²) in [5.41, 5.74) is 8.79. The topological polar surface area (TPSA) is 81.1 Å². The summed E-state index contributed by atoms with van der Waals surface area (Å²) in [6.07, 6.45) is 6.63. The highest BCUT2D eigenvalue weighted by atomic mass is 19.1. The summed E-state index contributed by atoms with van der Waals surface area (Å²) >= 11 is 0. The summed E-state index contributed by atoms with van der Waals surface area (Å²) in [6, 6.07) is 11.0. The maximum absolute atomic E-state index is 14.4. The van der Waals surface area contributed by atoms with Gasteiger partial charge in [0.05, 0.1) is 29.6 Å². The summed E-state index contributed by atoms with van der Waals surface area (Å²) in [4.78, 5) is 11.4. The lowest BCUT2D eigenvalue weighted by Gasteiger charge is -2.42. The number of benzene rings is 2. The first-order valence-electron chi connectivity index (χ1n) is 11.5. The van der Waals surface area contributed by atoms with Gasteiger partial charge in [-0.2, -0.15) is 5.10 Å². The van der Waals surface area contributed by atoms with Crippen molar-refractivity contribution in [2.24, 2.45) is 11.1 Å². The first-order chi connectivity index (χ1) is 16.2. The highest BCUT2D eigenvalue weighted by molar-refractivity contribution is 5.77. The number of halogens is 2. The fourth-order valence-corrected chi connectivity index (χ4v) is 5.67. The van der Waals surface area contributed by atoms with E-state index in [0.717, 1.165) is 28.9 Å². The minimum absolute atomic E-state index is 0.158. The summed E-state index contributed by atoms with van der Waals surface area (Å²) in [5, 5.41) is 16.4. The van der Waals surface area contributed by atoms with E-state index < -0.39 is 22.7 Å². The molecule has 1 heterocycles. The van der Waals surface area contributed by atoms with Crippen LogP contribution >= 0.6 is 0 Å². The number of nitrogens with zero attached hydrogens (tertiary/aromatic N) is 2. The Morgan fingerprint density at radius 3 is 2.71 bits per heavy atom. The molecule has 3 N–H and O–H groups in total. The summed E-state index contributed by atoms with van der Waals surface area (Å²) in [7, 11) is 0. The third-order valence-electron chi connectivity index (χ3n) is 7.73. The van der Waals surface area contributed by atoms with E-state index in [4.69, 9.17) is 5.73 Å². The summed E-state index contributed by atoms with van der Waals surface area (Å²) in [6.45, 7) is 2.08. The van der Waals surface area contributed by atoms with Crippen molar-refractivity contribution in [3.63, 3.8) is 0 Å². The maximum atomic E-state index is 14.4. The van der Waals surface area contributed by atoms with E-state index >= 15 is 0 Å². The van der Waals surface area contributed by atoms with Crippen LogP contribution in [0.15, 0.2) is 54.2 Å². The Balaban J connectivity index is 1.42. The average molecular weight is 464 g/mol. The van der Waals surface area contributed by atoms with Gasteiger partial charge in [-0.25, -0.2) is 13.5 Å². The molecule has 34 heavy (non-hydrogen) atoms. The number of fused-ring (bicyclic) bond motifs is 2. The number of nitrogens with two attached hydrogens (primary N) is 1. The van der Waals surface area contributed by atoms with Crippen LogP contribution in [0.1, 0.15) is 48.6 Å². The molecule has 1 aromatic heterocycles. The van der Waals surface area contributed by atoms with Gasteiger partial charge in [-0.3, -0.25) is 4.79 Å². The maximum Gasteiger partial charge on any atom is 0.221 e. The van der Waals surface area contributed by atoms with Crippen LogP contribution in [0.2, 0.25) is 0 Å². The van der Waals surface area contributed by atoms with Crippen LogP contribution in [0, 0.1) is 17.0 Å². The van der Waals surface area contributed by atoms with E-state index in [-0.39, 0.29) is 12.2 Å². The highest BCUT2D eigenvalue weighted by Gasteiger charge is 2.54. The molecule has 7 heteroatoms. The number of amides is 1. The first-order valence-corrected chi connectivity index (χ1v) is 11.5. The van der Waals surface area contributed by atoms with Crippen LogP contribution in [-0.2, 0) is 24.1 Å². The van der Waals surface area contributed by atoms with Gasteiger partial charge >= 0.3 is 0 Å². The molecule has 1 amide bonds. The van der Waals surface area contributed by atoms with Gasteiger partial charge in [-0.05, 0) is 79.6 Å². The van der Waals surface area contributed by atoms with Gasteiger partial charge in [0.1, 0.15) is 11.6 Å². The second-order valence-electron chi connectivity index (χ2n) is 9.67. The molecule has 2 aliphatic carbocycles. The van der Waals surface area contributed by atoms with E-state index in [1.807, 2.05) is 10.9 Å². The fourth-order valence-electron chi connectivity index (χ4n) is 5.67. The van der Waals surface area contributed by atoms with Gasteiger partial charge in [-0.1, -0.05) is 24.6 Å². The van der Waals surface area contributed by atoms with Crippen LogP contribution in [0.5, 0.6) is 0 Å². The van der Waals surface area contributed by atoms with Crippen LogP contribution in [0.3, 0.4) is 0 Å². The minimum atomic E-state index is -0.981. The zero-order chi connectivity index (χ0) is 24.1. The molecule has 0 radical (unpaired) electrons. The average Bonchev–Trinajstić information content (AvgIpc) is 3.31. The molecular formula is C27H27F2N3O2. The molecule has 5 rings (SSSR count). The lowest BCUT2D eigenvalue weighted by molar-refractivity contribution is -0.117. The molecule has 176 valence electrons. The van der Waals surface area contributed by atoms with Gasteiger partial charge < -0.3 is 10.8 Å². The van der Waals surface area contributed by atoms with Gasteiger partial charge in [0.15, 0.2) is 0 Å². The standard InChI is InChI=1S/C27H27F2N3O2/c1-26-15-18-16-31-32(21-7-5-20(28)6-8-21)24(18)13-19(26)10-12-27(26,34)11-9-17-3-2-4-23(29)22(17)14-25(30)33/h2-8,13,16,34H,9-12,14-15H2,1H3,(H2,30,33)/t26?,27-/m0/s1. The van der Waals surface area contributed by atoms with E-state index in [1.165, 1.54) is 18.2 Å². The van der Waals surface area contributed by atoms with E-state index in [9.17, 15) is 18.7 Å². The number of carbonyl (C=O) groups excluding carboxylic acids is 1. The molecule has 0 bridgehead atoms. The molecule has 2 aliphatic rings. The number of primary amides is 1. The van der Waals surface area contributed by atoms with Crippen LogP contribution in [0.25, 0.3) is 11.8 Å². The Morgan fingerprint density at radius 1 is 1.21 bits per heavy atom. The molecule has 0 aliphatic heterocycles. The SMILES string of the molecule is CC12Cc3cnn(-c4ccc(F)cc4)c3C=C1CC[C@@]2(O)CCc1cccc(F)c1CC(N)=O. The number of aromatic nitrogens is 2. The lowest BCUT2D eigenvalue weighted by atomic mass is 9.65. The number of hydrogen-bond donors (Lipinski definition) is 2. The quantitative estimate of drug-likeness (QED) is 0.573. The third kappa shape index (κ3) is 3.64. The monoisotopic (exact) mass is 463 g/mol. The third-order valence-corrected chi connectivity index (χ3v) is 7.73. The Hall–Kier alpha value is -3.32. The minimum Gasteiger partial charge on any atom is -0.389 e. The molecule has 0 spiro atoms. The van der Waals surface area contributed by atoms with Crippen molar-refractivity contribution in [1.29, 1.82) is 0 Å². The fraction of sp³-hybridized carbons (Fsp3) is 0.333. The Kier molecular flexibility index (Phi) is 5.40. The molecule has 2 aromatic carbocycles. The predicted molar refractivity (Wildman–Crippen MR) is 125 cm³/mol. The number of hydrogen-bond acceptors (Lipinski definition) is 3. The summed E-state index contributed by atoms with van der Waals surface area (Å²) < 4.78 is 29.5. The number of aryl methyl sites for hydroxylation is 1. The normalized spacial score (nSPS) is 23.4. The van der Waals surface area contributed by atoms with Crippen molar-refractivity contribution in [1.82, 2.24) is 9.78 Å². The van der Waals surface area contributed by atoms with Crippen molar-refractivity contribution < 1.29 is 18.7 Å². The second kappa shape index (κ2) is 8.17. The Morgan fingerprint density at radius 2 is 1.97 bits per heavy atom. The molecular weight excluding hydrogens is 436 g/mol. The van der Waals surface area contributed by atoms with Crippen LogP contribution in [0.4, 0.5) is 8.78 Å². The van der Waals surface area contributed by atoms with E-state index in [2.05, 4.69) is 18.1 Å². The van der Waals surface area contributed by atoms with Gasteiger partial charge in [0, 0.05) is 11.0 Å². The zero-order valence-electron chi connectivity index (χ0n) is 19.0. The smallest absolute Gasteiger partial charge is 0.221 e. The Labute approximate surface area is 196 Å². The van der Waals surface area contributed by atoms with Crippen molar-refractivity contribution in [2.75, 3.05) is 0 Å².